The first-order valence-corrected chi connectivity index (χ1v) is 6.32. The molecule has 0 rings (SSSR count). The van der Waals surface area contributed by atoms with E-state index in [1.165, 1.54) is 0 Å². The minimum absolute atomic E-state index is 0.0689. The molecule has 8 N–H and O–H groups in total. The summed E-state index contributed by atoms with van der Waals surface area (Å²) in [5.74, 6) is -0.138. The lowest BCUT2D eigenvalue weighted by Crippen LogP contribution is -2.38. The molecular weight excluding hydrogens is 276 g/mol. The molecule has 0 atom stereocenters. The fourth-order valence-corrected chi connectivity index (χ4v) is 0.358. The third kappa shape index (κ3) is 11.2. The van der Waals surface area contributed by atoms with Crippen molar-refractivity contribution in [2.24, 2.45) is 21.7 Å². The number of amidine groups is 2. The average Bonchev–Trinajstić information content (AvgIpc) is 2.12. The molecule has 0 aromatic carbocycles. The Balaban J connectivity index is 0. The van der Waals surface area contributed by atoms with E-state index < -0.39 is 21.5 Å². The fourth-order valence-electron chi connectivity index (χ4n) is 0.358. The van der Waals surface area contributed by atoms with Crippen LogP contribution in [-0.4, -0.2) is 40.3 Å². The summed E-state index contributed by atoms with van der Waals surface area (Å²) in [5.41, 5.74) is 8.96. The zero-order valence-electron chi connectivity index (χ0n) is 11.2. The van der Waals surface area contributed by atoms with Crippen molar-refractivity contribution in [2.75, 3.05) is 0 Å². The van der Waals surface area contributed by atoms with Crippen LogP contribution in [0.25, 0.3) is 0 Å². The van der Waals surface area contributed by atoms with Crippen molar-refractivity contribution in [2.45, 2.75) is 38.8 Å². The van der Waals surface area contributed by atoms with Gasteiger partial charge in [-0.15, -0.1) is 0 Å². The Bertz CT molecular complexity index is 432. The predicted octanol–water partition coefficient (Wildman–Crippen LogP) is 0.215. The Morgan fingerprint density at radius 2 is 1.11 bits per heavy atom. The molecule has 0 heterocycles. The molecule has 0 bridgehead atoms. The van der Waals surface area contributed by atoms with Gasteiger partial charge in [-0.3, -0.25) is 19.9 Å². The number of azo groups is 1. The molecule has 0 aliphatic carbocycles. The summed E-state index contributed by atoms with van der Waals surface area (Å²) in [4.78, 5) is 0. The Morgan fingerprint density at radius 3 is 1.21 bits per heavy atom. The lowest BCUT2D eigenvalue weighted by atomic mass is 10.1. The van der Waals surface area contributed by atoms with Gasteiger partial charge in [0, 0.05) is 0 Å². The van der Waals surface area contributed by atoms with E-state index in [9.17, 15) is 0 Å². The number of nitrogens with one attached hydrogen (secondary N) is 2. The van der Waals surface area contributed by atoms with E-state index in [0.717, 1.165) is 0 Å². The van der Waals surface area contributed by atoms with Crippen LogP contribution in [0.15, 0.2) is 10.2 Å². The van der Waals surface area contributed by atoms with Gasteiger partial charge in [0.2, 0.25) is 0 Å². The van der Waals surface area contributed by atoms with Crippen LogP contribution in [0, 0.1) is 10.8 Å². The summed E-state index contributed by atoms with van der Waals surface area (Å²) in [6.45, 7) is 6.70. The summed E-state index contributed by atoms with van der Waals surface area (Å²) >= 11 is 0. The lowest BCUT2D eigenvalue weighted by Gasteiger charge is -2.20. The zero-order chi connectivity index (χ0) is 16.1. The highest BCUT2D eigenvalue weighted by molar-refractivity contribution is 7.79. The van der Waals surface area contributed by atoms with Gasteiger partial charge in [0.05, 0.1) is 0 Å². The van der Waals surface area contributed by atoms with Crippen molar-refractivity contribution in [3.05, 3.63) is 0 Å². The van der Waals surface area contributed by atoms with E-state index in [0.29, 0.717) is 0 Å². The number of nitrogens with zero attached hydrogens (tertiary/aromatic N) is 2. The van der Waals surface area contributed by atoms with Crippen LogP contribution in [0.2, 0.25) is 0 Å². The summed E-state index contributed by atoms with van der Waals surface area (Å²) < 4.78 is 31.6. The van der Waals surface area contributed by atoms with E-state index in [1.54, 1.807) is 27.7 Å². The largest absolute Gasteiger partial charge is 0.394 e. The molecule has 0 aromatic heterocycles. The van der Waals surface area contributed by atoms with Gasteiger partial charge in [0.1, 0.15) is 22.7 Å². The van der Waals surface area contributed by atoms with Crippen LogP contribution in [0.1, 0.15) is 27.7 Å². The van der Waals surface area contributed by atoms with Crippen LogP contribution in [0.3, 0.4) is 0 Å². The number of nitrogens with two attached hydrogens (primary N) is 2. The zero-order valence-corrected chi connectivity index (χ0v) is 12.0. The molecule has 10 nitrogen and oxygen atoms in total. The van der Waals surface area contributed by atoms with E-state index in [2.05, 4.69) is 10.2 Å². The van der Waals surface area contributed by atoms with Gasteiger partial charge in [0.25, 0.3) is 0 Å². The SMILES string of the molecule is CC(C)(/N=N/C(C)(C)C(=N)N)C(=N)N.O=S(=O)(O)O. The third-order valence-corrected chi connectivity index (χ3v) is 1.87. The lowest BCUT2D eigenvalue weighted by molar-refractivity contribution is 0.381. The molecule has 0 aliphatic heterocycles. The number of rotatable bonds is 4. The van der Waals surface area contributed by atoms with Crippen molar-refractivity contribution in [1.82, 2.24) is 0 Å². The molecule has 0 amide bonds. The van der Waals surface area contributed by atoms with Crippen LogP contribution in [-0.2, 0) is 10.4 Å². The molecular formula is C8H20N6O4S. The molecule has 0 unspecified atom stereocenters. The minimum atomic E-state index is -4.67. The Hall–Kier alpha value is -1.59. The normalized spacial score (nSPS) is 12.7. The van der Waals surface area contributed by atoms with Gasteiger partial charge in [-0.1, -0.05) is 0 Å². The highest BCUT2D eigenvalue weighted by atomic mass is 32.3. The van der Waals surface area contributed by atoms with Gasteiger partial charge in [-0.2, -0.15) is 18.6 Å². The molecule has 0 radical (unpaired) electrons. The van der Waals surface area contributed by atoms with Gasteiger partial charge in [-0.25, -0.2) is 0 Å². The van der Waals surface area contributed by atoms with Gasteiger partial charge >= 0.3 is 10.4 Å². The summed E-state index contributed by atoms with van der Waals surface area (Å²) in [6.07, 6.45) is 0. The maximum atomic E-state index is 8.74. The maximum Gasteiger partial charge on any atom is 0.394 e. The van der Waals surface area contributed by atoms with E-state index in [1.807, 2.05) is 0 Å². The molecule has 0 spiro atoms. The smallest absolute Gasteiger partial charge is 0.386 e. The Kier molecular flexibility index (Phi) is 6.80. The van der Waals surface area contributed by atoms with Crippen molar-refractivity contribution in [3.8, 4) is 0 Å². The third-order valence-electron chi connectivity index (χ3n) is 1.87. The van der Waals surface area contributed by atoms with Gasteiger partial charge in [-0.05, 0) is 27.7 Å². The molecule has 0 aliphatic rings. The van der Waals surface area contributed by atoms with Gasteiger partial charge < -0.3 is 11.5 Å². The van der Waals surface area contributed by atoms with Crippen molar-refractivity contribution in [3.63, 3.8) is 0 Å². The Labute approximate surface area is 111 Å². The fraction of sp³-hybridized carbons (Fsp3) is 0.750. The average molecular weight is 296 g/mol. The molecule has 0 fully saturated rings. The summed E-state index contributed by atoms with van der Waals surface area (Å²) in [5, 5.41) is 22.3. The van der Waals surface area contributed by atoms with Crippen molar-refractivity contribution < 1.29 is 17.5 Å². The maximum absolute atomic E-state index is 8.74. The Morgan fingerprint density at radius 1 is 0.947 bits per heavy atom. The number of hydrogen-bond acceptors (Lipinski definition) is 6. The van der Waals surface area contributed by atoms with Crippen LogP contribution < -0.4 is 11.5 Å². The molecule has 11 heteroatoms. The summed E-state index contributed by atoms with van der Waals surface area (Å²) in [7, 11) is -4.67. The minimum Gasteiger partial charge on any atom is -0.386 e. The first-order valence-electron chi connectivity index (χ1n) is 4.92. The molecule has 0 saturated carbocycles. The standard InChI is InChI=1S/C8H18N6.H2O4S/c1-7(2,5(9)10)13-14-8(3,4)6(11)12;1-5(2,3)4/h1-4H3,(H3,9,10)(H3,11,12);(H2,1,2,3,4)/b14-13+;. The van der Waals surface area contributed by atoms with Gasteiger partial charge in [0.15, 0.2) is 0 Å². The quantitative estimate of drug-likeness (QED) is 0.185. The topological polar surface area (TPSA) is 199 Å². The molecule has 112 valence electrons. The molecule has 0 saturated heterocycles. The highest BCUT2D eigenvalue weighted by Gasteiger charge is 2.25. The second kappa shape index (κ2) is 6.54. The van der Waals surface area contributed by atoms with Crippen LogP contribution in [0.5, 0.6) is 0 Å². The molecule has 0 aromatic rings. The first kappa shape index (κ1) is 19.7. The highest BCUT2D eigenvalue weighted by Crippen LogP contribution is 2.15. The second-order valence-electron chi connectivity index (χ2n) is 4.59. The monoisotopic (exact) mass is 296 g/mol. The predicted molar refractivity (Wildman–Crippen MR) is 71.0 cm³/mol. The van der Waals surface area contributed by atoms with Crippen molar-refractivity contribution >= 4 is 22.1 Å². The molecule has 19 heavy (non-hydrogen) atoms. The van der Waals surface area contributed by atoms with E-state index >= 15 is 0 Å². The van der Waals surface area contributed by atoms with E-state index in [-0.39, 0.29) is 11.7 Å². The van der Waals surface area contributed by atoms with Crippen LogP contribution >= 0.6 is 0 Å². The summed E-state index contributed by atoms with van der Waals surface area (Å²) in [6, 6.07) is 0. The van der Waals surface area contributed by atoms with Crippen LogP contribution in [0.4, 0.5) is 0 Å². The van der Waals surface area contributed by atoms with E-state index in [4.69, 9.17) is 39.8 Å². The number of hydrogen-bond donors (Lipinski definition) is 6. The second-order valence-corrected chi connectivity index (χ2v) is 5.49. The van der Waals surface area contributed by atoms with Crippen molar-refractivity contribution in [1.29, 1.82) is 10.8 Å². The first-order chi connectivity index (χ1) is 8.09.